The molecule has 4 nitrogen and oxygen atoms in total. The van der Waals surface area contributed by atoms with E-state index in [0.29, 0.717) is 27.1 Å². The largest absolute Gasteiger partial charge is 0.399 e. The average molecular weight is 296 g/mol. The van der Waals surface area contributed by atoms with E-state index in [1.54, 1.807) is 30.3 Å². The Bertz CT molecular complexity index is 644. The molecular formula is C13H11Cl2N3O. The number of nitrogens with two attached hydrogens (primary N) is 2. The molecule has 19 heavy (non-hydrogen) atoms. The second kappa shape index (κ2) is 5.38. The van der Waals surface area contributed by atoms with Gasteiger partial charge < -0.3 is 16.8 Å². The lowest BCUT2D eigenvalue weighted by molar-refractivity contribution is 0.100. The minimum atomic E-state index is -0.576. The van der Waals surface area contributed by atoms with Crippen molar-refractivity contribution in [2.24, 2.45) is 5.73 Å². The van der Waals surface area contributed by atoms with Crippen molar-refractivity contribution in [3.8, 4) is 0 Å². The van der Waals surface area contributed by atoms with Crippen molar-refractivity contribution in [2.75, 3.05) is 11.1 Å². The fourth-order valence-electron chi connectivity index (χ4n) is 1.62. The molecule has 0 saturated carbocycles. The van der Waals surface area contributed by atoms with Gasteiger partial charge in [0.05, 0.1) is 27.0 Å². The summed E-state index contributed by atoms with van der Waals surface area (Å²) in [4.78, 5) is 11.4. The van der Waals surface area contributed by atoms with E-state index in [0.717, 1.165) is 0 Å². The van der Waals surface area contributed by atoms with E-state index in [9.17, 15) is 4.79 Å². The first-order chi connectivity index (χ1) is 8.99. The summed E-state index contributed by atoms with van der Waals surface area (Å²) in [6.45, 7) is 0. The van der Waals surface area contributed by atoms with Gasteiger partial charge in [-0.05, 0) is 30.3 Å². The highest BCUT2D eigenvalue weighted by atomic mass is 35.5. The molecule has 0 atom stereocenters. The molecule has 2 aromatic rings. The number of carbonyl (C=O) groups excluding carboxylic acids is 1. The molecular weight excluding hydrogens is 285 g/mol. The highest BCUT2D eigenvalue weighted by Crippen LogP contribution is 2.32. The van der Waals surface area contributed by atoms with Gasteiger partial charge in [-0.3, -0.25) is 4.79 Å². The van der Waals surface area contributed by atoms with Crippen LogP contribution in [0.5, 0.6) is 0 Å². The summed E-state index contributed by atoms with van der Waals surface area (Å²) >= 11 is 12.0. The molecule has 0 aliphatic heterocycles. The SMILES string of the molecule is NC(=O)c1cc(N)ccc1Nc1cccc(Cl)c1Cl. The fourth-order valence-corrected chi connectivity index (χ4v) is 1.97. The lowest BCUT2D eigenvalue weighted by Crippen LogP contribution is -2.13. The van der Waals surface area contributed by atoms with Crippen LogP contribution >= 0.6 is 23.2 Å². The molecule has 5 N–H and O–H groups in total. The Morgan fingerprint density at radius 1 is 1.11 bits per heavy atom. The van der Waals surface area contributed by atoms with Crippen molar-refractivity contribution in [3.05, 3.63) is 52.0 Å². The summed E-state index contributed by atoms with van der Waals surface area (Å²) in [5, 5.41) is 3.81. The topological polar surface area (TPSA) is 81.1 Å². The first-order valence-corrected chi connectivity index (χ1v) is 6.15. The molecule has 0 radical (unpaired) electrons. The van der Waals surface area contributed by atoms with Crippen molar-refractivity contribution < 1.29 is 4.79 Å². The monoisotopic (exact) mass is 295 g/mol. The maximum absolute atomic E-state index is 11.4. The summed E-state index contributed by atoms with van der Waals surface area (Å²) < 4.78 is 0. The van der Waals surface area contributed by atoms with Crippen LogP contribution in [0.15, 0.2) is 36.4 Å². The molecule has 0 heterocycles. The number of hydrogen-bond acceptors (Lipinski definition) is 3. The number of hydrogen-bond donors (Lipinski definition) is 3. The Morgan fingerprint density at radius 3 is 2.53 bits per heavy atom. The van der Waals surface area contributed by atoms with Crippen LogP contribution in [0.3, 0.4) is 0 Å². The Morgan fingerprint density at radius 2 is 1.84 bits per heavy atom. The van der Waals surface area contributed by atoms with Crippen LogP contribution in [0.25, 0.3) is 0 Å². The van der Waals surface area contributed by atoms with Gasteiger partial charge in [-0.2, -0.15) is 0 Å². The molecule has 2 rings (SSSR count). The van der Waals surface area contributed by atoms with Crippen LogP contribution in [-0.2, 0) is 0 Å². The molecule has 1 amide bonds. The van der Waals surface area contributed by atoms with E-state index in [1.807, 2.05) is 0 Å². The summed E-state index contributed by atoms with van der Waals surface area (Å²) in [6.07, 6.45) is 0. The van der Waals surface area contributed by atoms with Crippen molar-refractivity contribution in [1.29, 1.82) is 0 Å². The molecule has 98 valence electrons. The van der Waals surface area contributed by atoms with Crippen molar-refractivity contribution in [3.63, 3.8) is 0 Å². The third-order valence-electron chi connectivity index (χ3n) is 2.53. The van der Waals surface area contributed by atoms with E-state index >= 15 is 0 Å². The fraction of sp³-hybridized carbons (Fsp3) is 0. The highest BCUT2D eigenvalue weighted by Gasteiger charge is 2.11. The Kier molecular flexibility index (Phi) is 3.83. The van der Waals surface area contributed by atoms with Crippen molar-refractivity contribution in [1.82, 2.24) is 0 Å². The number of primary amides is 1. The third-order valence-corrected chi connectivity index (χ3v) is 3.35. The molecule has 0 unspecified atom stereocenters. The number of rotatable bonds is 3. The van der Waals surface area contributed by atoms with Gasteiger partial charge in [0.25, 0.3) is 5.91 Å². The molecule has 0 bridgehead atoms. The Hall–Kier alpha value is -1.91. The zero-order valence-electron chi connectivity index (χ0n) is 9.78. The summed E-state index contributed by atoms with van der Waals surface area (Å²) in [7, 11) is 0. The minimum absolute atomic E-state index is 0.288. The molecule has 0 aliphatic carbocycles. The van der Waals surface area contributed by atoms with Gasteiger partial charge in [-0.25, -0.2) is 0 Å². The molecule has 0 aliphatic rings. The number of nitrogen functional groups attached to an aromatic ring is 1. The van der Waals surface area contributed by atoms with E-state index < -0.39 is 5.91 Å². The number of benzene rings is 2. The number of halogens is 2. The maximum atomic E-state index is 11.4. The van der Waals surface area contributed by atoms with Crippen LogP contribution < -0.4 is 16.8 Å². The lowest BCUT2D eigenvalue weighted by Gasteiger charge is -2.12. The number of nitrogens with one attached hydrogen (secondary N) is 1. The first kappa shape index (κ1) is 13.5. The van der Waals surface area contributed by atoms with Gasteiger partial charge in [-0.1, -0.05) is 29.3 Å². The average Bonchev–Trinajstić information content (AvgIpc) is 2.36. The van der Waals surface area contributed by atoms with Crippen LogP contribution in [-0.4, -0.2) is 5.91 Å². The molecule has 6 heteroatoms. The minimum Gasteiger partial charge on any atom is -0.399 e. The van der Waals surface area contributed by atoms with Gasteiger partial charge in [0.1, 0.15) is 0 Å². The standard InChI is InChI=1S/C13H11Cl2N3O/c14-9-2-1-3-11(12(9)15)18-10-5-4-7(16)6-8(10)13(17)19/h1-6,18H,16H2,(H2,17,19). The highest BCUT2D eigenvalue weighted by molar-refractivity contribution is 6.43. The summed E-state index contributed by atoms with van der Waals surface area (Å²) in [6, 6.07) is 9.99. The maximum Gasteiger partial charge on any atom is 0.250 e. The second-order valence-corrected chi connectivity index (χ2v) is 4.68. The molecule has 2 aromatic carbocycles. The van der Waals surface area contributed by atoms with Gasteiger partial charge in [0, 0.05) is 5.69 Å². The third kappa shape index (κ3) is 2.92. The zero-order valence-corrected chi connectivity index (χ0v) is 11.3. The van der Waals surface area contributed by atoms with Gasteiger partial charge in [0.15, 0.2) is 0 Å². The predicted octanol–water partition coefficient (Wildman–Crippen LogP) is 3.42. The van der Waals surface area contributed by atoms with Crippen LogP contribution in [0.1, 0.15) is 10.4 Å². The predicted molar refractivity (Wildman–Crippen MR) is 79.1 cm³/mol. The first-order valence-electron chi connectivity index (χ1n) is 5.39. The van der Waals surface area contributed by atoms with E-state index in [4.69, 9.17) is 34.7 Å². The molecule has 0 saturated heterocycles. The van der Waals surface area contributed by atoms with Gasteiger partial charge >= 0.3 is 0 Å². The smallest absolute Gasteiger partial charge is 0.250 e. The van der Waals surface area contributed by atoms with Gasteiger partial charge in [-0.15, -0.1) is 0 Å². The van der Waals surface area contributed by atoms with Gasteiger partial charge in [0.2, 0.25) is 0 Å². The lowest BCUT2D eigenvalue weighted by atomic mass is 10.1. The van der Waals surface area contributed by atoms with Crippen LogP contribution in [0.4, 0.5) is 17.1 Å². The summed E-state index contributed by atoms with van der Waals surface area (Å²) in [5.41, 5.74) is 12.8. The van der Waals surface area contributed by atoms with E-state index in [1.165, 1.54) is 6.07 Å². The van der Waals surface area contributed by atoms with Crippen molar-refractivity contribution in [2.45, 2.75) is 0 Å². The molecule has 0 aromatic heterocycles. The quantitative estimate of drug-likeness (QED) is 0.759. The second-order valence-electron chi connectivity index (χ2n) is 3.90. The Labute approximate surface area is 120 Å². The van der Waals surface area contributed by atoms with E-state index in [-0.39, 0.29) is 5.56 Å². The molecule has 0 fully saturated rings. The molecule has 0 spiro atoms. The zero-order chi connectivity index (χ0) is 14.0. The number of amides is 1. The van der Waals surface area contributed by atoms with Crippen LogP contribution in [0.2, 0.25) is 10.0 Å². The normalized spacial score (nSPS) is 10.2. The number of carbonyl (C=O) groups is 1. The number of anilines is 3. The van der Waals surface area contributed by atoms with E-state index in [2.05, 4.69) is 5.32 Å². The van der Waals surface area contributed by atoms with Crippen molar-refractivity contribution >= 4 is 46.2 Å². The summed E-state index contributed by atoms with van der Waals surface area (Å²) in [5.74, 6) is -0.576. The Balaban J connectivity index is 2.44. The van der Waals surface area contributed by atoms with Crippen LogP contribution in [0, 0.1) is 0 Å².